The van der Waals surface area contributed by atoms with Crippen LogP contribution in [-0.2, 0) is 21.4 Å². The fourth-order valence-electron chi connectivity index (χ4n) is 4.07. The van der Waals surface area contributed by atoms with Crippen LogP contribution in [0.15, 0.2) is 34.2 Å². The van der Waals surface area contributed by atoms with Crippen LogP contribution in [0.25, 0.3) is 0 Å². The van der Waals surface area contributed by atoms with Gasteiger partial charge in [0.1, 0.15) is 0 Å². The van der Waals surface area contributed by atoms with Gasteiger partial charge in [-0.15, -0.1) is 24.0 Å². The summed E-state index contributed by atoms with van der Waals surface area (Å²) < 4.78 is 25.5. The molecule has 1 atom stereocenters. The molecule has 1 saturated carbocycles. The van der Waals surface area contributed by atoms with Gasteiger partial charge < -0.3 is 15.5 Å². The topological polar surface area (TPSA) is 94.1 Å². The number of hydrogen-bond donors (Lipinski definition) is 2. The van der Waals surface area contributed by atoms with Crippen molar-refractivity contribution in [3.05, 3.63) is 29.8 Å². The predicted octanol–water partition coefficient (Wildman–Crippen LogP) is 2.01. The highest BCUT2D eigenvalue weighted by Crippen LogP contribution is 2.27. The van der Waals surface area contributed by atoms with Crippen molar-refractivity contribution in [3.8, 4) is 0 Å². The van der Waals surface area contributed by atoms with Crippen LogP contribution >= 0.6 is 24.0 Å². The van der Waals surface area contributed by atoms with E-state index < -0.39 is 10.0 Å². The number of likely N-dealkylation sites (tertiary alicyclic amines) is 1. The van der Waals surface area contributed by atoms with E-state index in [2.05, 4.69) is 15.6 Å². The van der Waals surface area contributed by atoms with Crippen LogP contribution in [0.1, 0.15) is 37.7 Å². The van der Waals surface area contributed by atoms with Gasteiger partial charge in [-0.25, -0.2) is 12.7 Å². The third-order valence-electron chi connectivity index (χ3n) is 5.93. The molecular weight excluding hydrogens is 529 g/mol. The highest BCUT2D eigenvalue weighted by Gasteiger charge is 2.32. The number of hydrogen-bond acceptors (Lipinski definition) is 4. The Kier molecular flexibility index (Phi) is 9.56. The van der Waals surface area contributed by atoms with Gasteiger partial charge in [0.25, 0.3) is 0 Å². The van der Waals surface area contributed by atoms with E-state index in [9.17, 15) is 13.2 Å². The Morgan fingerprint density at radius 1 is 1.16 bits per heavy atom. The van der Waals surface area contributed by atoms with Crippen molar-refractivity contribution in [1.29, 1.82) is 0 Å². The van der Waals surface area contributed by atoms with E-state index in [1.807, 2.05) is 4.90 Å². The minimum Gasteiger partial charge on any atom is -0.352 e. The number of carbonyl (C=O) groups is 1. The van der Waals surface area contributed by atoms with E-state index in [0.717, 1.165) is 31.4 Å². The molecule has 1 amide bonds. The van der Waals surface area contributed by atoms with Gasteiger partial charge in [0.2, 0.25) is 15.9 Å². The Morgan fingerprint density at radius 2 is 1.81 bits per heavy atom. The maximum Gasteiger partial charge on any atom is 0.242 e. The molecule has 8 nitrogen and oxygen atoms in total. The second kappa shape index (κ2) is 11.5. The molecule has 1 aromatic carbocycles. The number of carbonyl (C=O) groups excluding carboxylic acids is 1. The smallest absolute Gasteiger partial charge is 0.242 e. The van der Waals surface area contributed by atoms with Gasteiger partial charge in [-0.3, -0.25) is 9.79 Å². The fourth-order valence-corrected chi connectivity index (χ4v) is 4.97. The van der Waals surface area contributed by atoms with Crippen molar-refractivity contribution in [2.24, 2.45) is 10.9 Å². The first-order valence-electron chi connectivity index (χ1n) is 10.6. The summed E-state index contributed by atoms with van der Waals surface area (Å²) in [6.07, 6.45) is 5.32. The minimum atomic E-state index is -3.42. The average Bonchev–Trinajstić information content (AvgIpc) is 3.43. The van der Waals surface area contributed by atoms with Crippen LogP contribution in [0.3, 0.4) is 0 Å². The Labute approximate surface area is 202 Å². The molecular formula is C21H34IN5O3S. The zero-order chi connectivity index (χ0) is 21.7. The predicted molar refractivity (Wildman–Crippen MR) is 133 cm³/mol. The zero-order valence-electron chi connectivity index (χ0n) is 18.5. The van der Waals surface area contributed by atoms with E-state index in [4.69, 9.17) is 0 Å². The van der Waals surface area contributed by atoms with Gasteiger partial charge in [-0.1, -0.05) is 25.0 Å². The quantitative estimate of drug-likeness (QED) is 0.314. The molecule has 2 N–H and O–H groups in total. The Balaban J connectivity index is 0.00000341. The lowest BCUT2D eigenvalue weighted by Crippen LogP contribution is -2.45. The van der Waals surface area contributed by atoms with Crippen LogP contribution < -0.4 is 10.6 Å². The molecule has 0 bridgehead atoms. The molecule has 0 spiro atoms. The number of nitrogens with one attached hydrogen (secondary N) is 2. The molecule has 0 radical (unpaired) electrons. The average molecular weight is 564 g/mol. The van der Waals surface area contributed by atoms with Crippen molar-refractivity contribution >= 4 is 45.9 Å². The highest BCUT2D eigenvalue weighted by molar-refractivity contribution is 14.0. The van der Waals surface area contributed by atoms with Crippen molar-refractivity contribution < 1.29 is 13.2 Å². The number of aliphatic imine (C=N–C) groups is 1. The number of rotatable bonds is 6. The van der Waals surface area contributed by atoms with E-state index in [1.54, 1.807) is 31.3 Å². The lowest BCUT2D eigenvalue weighted by atomic mass is 10.1. The van der Waals surface area contributed by atoms with Gasteiger partial charge in [0.15, 0.2) is 5.96 Å². The van der Waals surface area contributed by atoms with E-state index in [1.165, 1.54) is 31.2 Å². The van der Waals surface area contributed by atoms with Crippen LogP contribution in [0.4, 0.5) is 0 Å². The lowest BCUT2D eigenvalue weighted by Gasteiger charge is -2.21. The summed E-state index contributed by atoms with van der Waals surface area (Å²) in [6.45, 7) is 2.04. The molecule has 31 heavy (non-hydrogen) atoms. The number of sulfonamides is 1. The maximum absolute atomic E-state index is 12.6. The Morgan fingerprint density at radius 3 is 2.39 bits per heavy atom. The number of benzene rings is 1. The minimum absolute atomic E-state index is 0. The molecule has 3 rings (SSSR count). The van der Waals surface area contributed by atoms with Crippen molar-refractivity contribution in [2.75, 3.05) is 34.2 Å². The van der Waals surface area contributed by atoms with Crippen LogP contribution in [0.2, 0.25) is 0 Å². The molecule has 1 unspecified atom stereocenters. The van der Waals surface area contributed by atoms with Crippen LogP contribution in [0.5, 0.6) is 0 Å². The van der Waals surface area contributed by atoms with Crippen molar-refractivity contribution in [1.82, 2.24) is 19.8 Å². The number of halogens is 1. The first-order chi connectivity index (χ1) is 14.3. The summed E-state index contributed by atoms with van der Waals surface area (Å²) in [6, 6.07) is 7.02. The number of guanidine groups is 1. The Hall–Kier alpha value is -1.40. The molecule has 1 aromatic rings. The van der Waals surface area contributed by atoms with Crippen LogP contribution in [0, 0.1) is 5.92 Å². The standard InChI is InChI=1S/C21H33N5O3S.HI/c1-22-21(23-14-16-8-10-19(11-9-16)30(28,29)25(2)3)24-18-12-13-26(15-18)20(27)17-6-4-5-7-17;/h8-11,17-18H,4-7,12-15H2,1-3H3,(H2,22,23,24);1H. The maximum atomic E-state index is 12.6. The summed E-state index contributed by atoms with van der Waals surface area (Å²) in [5.74, 6) is 1.22. The summed E-state index contributed by atoms with van der Waals surface area (Å²) in [5.41, 5.74) is 0.958. The molecule has 0 aromatic heterocycles. The molecule has 174 valence electrons. The van der Waals surface area contributed by atoms with E-state index in [-0.39, 0.29) is 40.8 Å². The third kappa shape index (κ3) is 6.55. The first-order valence-corrected chi connectivity index (χ1v) is 12.0. The summed E-state index contributed by atoms with van der Waals surface area (Å²) in [7, 11) is 1.34. The molecule has 10 heteroatoms. The molecule has 1 aliphatic heterocycles. The molecule has 1 aliphatic carbocycles. The van der Waals surface area contributed by atoms with Gasteiger partial charge in [-0.2, -0.15) is 0 Å². The van der Waals surface area contributed by atoms with Gasteiger partial charge in [-0.05, 0) is 37.0 Å². The largest absolute Gasteiger partial charge is 0.352 e. The Bertz CT molecular complexity index is 868. The SMILES string of the molecule is CN=C(NCc1ccc(S(=O)(=O)N(C)C)cc1)NC1CCN(C(=O)C2CCCC2)C1.I. The molecule has 1 saturated heterocycles. The molecule has 2 aliphatic rings. The van der Waals surface area contributed by atoms with E-state index in [0.29, 0.717) is 25.0 Å². The summed E-state index contributed by atoms with van der Waals surface area (Å²) >= 11 is 0. The molecule has 2 fully saturated rings. The fraction of sp³-hybridized carbons (Fsp3) is 0.619. The monoisotopic (exact) mass is 563 g/mol. The summed E-state index contributed by atoms with van der Waals surface area (Å²) in [5, 5.41) is 6.67. The normalized spacial score (nSPS) is 20.1. The van der Waals surface area contributed by atoms with Crippen molar-refractivity contribution in [3.63, 3.8) is 0 Å². The third-order valence-corrected chi connectivity index (χ3v) is 7.76. The van der Waals surface area contributed by atoms with Gasteiger partial charge >= 0.3 is 0 Å². The first kappa shape index (κ1) is 25.9. The zero-order valence-corrected chi connectivity index (χ0v) is 21.7. The van der Waals surface area contributed by atoms with E-state index >= 15 is 0 Å². The number of nitrogens with zero attached hydrogens (tertiary/aromatic N) is 3. The molecule has 1 heterocycles. The lowest BCUT2D eigenvalue weighted by molar-refractivity contribution is -0.134. The second-order valence-corrected chi connectivity index (χ2v) is 10.4. The highest BCUT2D eigenvalue weighted by atomic mass is 127. The number of amides is 1. The van der Waals surface area contributed by atoms with Crippen molar-refractivity contribution in [2.45, 2.75) is 49.6 Å². The van der Waals surface area contributed by atoms with Gasteiger partial charge in [0, 0.05) is 52.7 Å². The summed E-state index contributed by atoms with van der Waals surface area (Å²) in [4.78, 5) is 19.2. The van der Waals surface area contributed by atoms with Crippen LogP contribution in [-0.4, -0.2) is 69.8 Å². The van der Waals surface area contributed by atoms with Gasteiger partial charge in [0.05, 0.1) is 4.90 Å². The second-order valence-electron chi connectivity index (χ2n) is 8.25.